The van der Waals surface area contributed by atoms with Gasteiger partial charge in [-0.2, -0.15) is 0 Å². The van der Waals surface area contributed by atoms with Crippen LogP contribution in [-0.2, 0) is 9.59 Å². The molecule has 0 fully saturated rings. The van der Waals surface area contributed by atoms with Gasteiger partial charge in [-0.25, -0.2) is 0 Å². The molecule has 0 aromatic heterocycles. The van der Waals surface area contributed by atoms with Crippen molar-refractivity contribution in [1.29, 1.82) is 0 Å². The first-order valence-electron chi connectivity index (χ1n) is 11.6. The zero-order valence-electron chi connectivity index (χ0n) is 18.3. The largest absolute Gasteiger partial charge is 0.354 e. The third kappa shape index (κ3) is 16.8. The topological polar surface area (TPSA) is 84.2 Å². The Labute approximate surface area is 173 Å². The average Bonchev–Trinajstić information content (AvgIpc) is 2.70. The Bertz CT molecular complexity index is 399. The van der Waals surface area contributed by atoms with Crippen molar-refractivity contribution < 1.29 is 9.59 Å². The van der Waals surface area contributed by atoms with Gasteiger partial charge in [0.1, 0.15) is 6.04 Å². The van der Waals surface area contributed by atoms with Crippen LogP contribution in [0.2, 0.25) is 0 Å². The smallest absolute Gasteiger partial charge is 0.244 e. The third-order valence-corrected chi connectivity index (χ3v) is 5.09. The SMILES string of the molecule is C=CC(=O)N[C@@H](CCCCN)C(=O)NCCCCCCCCCCCCCC. The van der Waals surface area contributed by atoms with Gasteiger partial charge in [0.2, 0.25) is 11.8 Å². The van der Waals surface area contributed by atoms with Crippen LogP contribution >= 0.6 is 0 Å². The molecule has 0 heterocycles. The molecule has 5 nitrogen and oxygen atoms in total. The summed E-state index contributed by atoms with van der Waals surface area (Å²) >= 11 is 0. The molecule has 0 bridgehead atoms. The minimum absolute atomic E-state index is 0.102. The monoisotopic (exact) mass is 395 g/mol. The van der Waals surface area contributed by atoms with Gasteiger partial charge in [-0.05, 0) is 38.3 Å². The van der Waals surface area contributed by atoms with Crippen molar-refractivity contribution in [2.24, 2.45) is 5.73 Å². The van der Waals surface area contributed by atoms with E-state index >= 15 is 0 Å². The molecule has 1 atom stereocenters. The van der Waals surface area contributed by atoms with Gasteiger partial charge in [0.05, 0.1) is 0 Å². The van der Waals surface area contributed by atoms with Crippen LogP contribution in [0.3, 0.4) is 0 Å². The van der Waals surface area contributed by atoms with E-state index in [0.29, 0.717) is 19.5 Å². The number of hydrogen-bond acceptors (Lipinski definition) is 3. The molecule has 0 radical (unpaired) electrons. The number of carbonyl (C=O) groups excluding carboxylic acids is 2. The third-order valence-electron chi connectivity index (χ3n) is 5.09. The molecule has 2 amide bonds. The van der Waals surface area contributed by atoms with E-state index in [1.54, 1.807) is 0 Å². The van der Waals surface area contributed by atoms with Crippen molar-refractivity contribution in [2.75, 3.05) is 13.1 Å². The first kappa shape index (κ1) is 26.6. The van der Waals surface area contributed by atoms with Gasteiger partial charge in [-0.1, -0.05) is 84.1 Å². The number of unbranched alkanes of at least 4 members (excludes halogenated alkanes) is 12. The first-order chi connectivity index (χ1) is 13.7. The lowest BCUT2D eigenvalue weighted by atomic mass is 10.1. The minimum atomic E-state index is -0.491. The van der Waals surface area contributed by atoms with E-state index in [0.717, 1.165) is 25.7 Å². The number of nitrogens with one attached hydrogen (secondary N) is 2. The van der Waals surface area contributed by atoms with Crippen LogP contribution < -0.4 is 16.4 Å². The van der Waals surface area contributed by atoms with Gasteiger partial charge >= 0.3 is 0 Å². The van der Waals surface area contributed by atoms with E-state index in [1.165, 1.54) is 70.3 Å². The van der Waals surface area contributed by atoms with E-state index in [4.69, 9.17) is 5.73 Å². The highest BCUT2D eigenvalue weighted by atomic mass is 16.2. The summed E-state index contributed by atoms with van der Waals surface area (Å²) in [5, 5.41) is 5.67. The summed E-state index contributed by atoms with van der Waals surface area (Å²) in [4.78, 5) is 23.8. The maximum Gasteiger partial charge on any atom is 0.244 e. The zero-order chi connectivity index (χ0) is 20.9. The highest BCUT2D eigenvalue weighted by Crippen LogP contribution is 2.11. The second-order valence-corrected chi connectivity index (χ2v) is 7.73. The Kier molecular flexibility index (Phi) is 19.4. The van der Waals surface area contributed by atoms with Crippen LogP contribution in [0.15, 0.2) is 12.7 Å². The summed E-state index contributed by atoms with van der Waals surface area (Å²) in [7, 11) is 0. The fraction of sp³-hybridized carbons (Fsp3) is 0.826. The van der Waals surface area contributed by atoms with Crippen molar-refractivity contribution in [3.63, 3.8) is 0 Å². The highest BCUT2D eigenvalue weighted by molar-refractivity contribution is 5.92. The molecule has 0 spiro atoms. The molecule has 4 N–H and O–H groups in total. The van der Waals surface area contributed by atoms with E-state index in [-0.39, 0.29) is 11.8 Å². The summed E-state index contributed by atoms with van der Waals surface area (Å²) in [6, 6.07) is -0.491. The van der Waals surface area contributed by atoms with Gasteiger partial charge in [-0.15, -0.1) is 0 Å². The van der Waals surface area contributed by atoms with Crippen molar-refractivity contribution in [1.82, 2.24) is 10.6 Å². The molecule has 0 aliphatic heterocycles. The average molecular weight is 396 g/mol. The first-order valence-corrected chi connectivity index (χ1v) is 11.6. The van der Waals surface area contributed by atoms with Crippen molar-refractivity contribution >= 4 is 11.8 Å². The molecule has 5 heteroatoms. The quantitative estimate of drug-likeness (QED) is 0.208. The van der Waals surface area contributed by atoms with E-state index in [9.17, 15) is 9.59 Å². The Morgan fingerprint density at radius 2 is 1.39 bits per heavy atom. The number of rotatable bonds is 20. The molecule has 0 saturated carbocycles. The van der Waals surface area contributed by atoms with Crippen LogP contribution in [-0.4, -0.2) is 30.9 Å². The predicted molar refractivity (Wildman–Crippen MR) is 119 cm³/mol. The fourth-order valence-electron chi connectivity index (χ4n) is 3.29. The molecule has 28 heavy (non-hydrogen) atoms. The summed E-state index contributed by atoms with van der Waals surface area (Å²) in [5.41, 5.74) is 5.50. The lowest BCUT2D eigenvalue weighted by Crippen LogP contribution is -2.46. The lowest BCUT2D eigenvalue weighted by Gasteiger charge is -2.17. The number of nitrogens with two attached hydrogens (primary N) is 1. The van der Waals surface area contributed by atoms with Gasteiger partial charge in [-0.3, -0.25) is 9.59 Å². The van der Waals surface area contributed by atoms with E-state index in [1.807, 2.05) is 0 Å². The van der Waals surface area contributed by atoms with Gasteiger partial charge in [0.15, 0.2) is 0 Å². The van der Waals surface area contributed by atoms with Crippen LogP contribution in [0.1, 0.15) is 103 Å². The second-order valence-electron chi connectivity index (χ2n) is 7.73. The van der Waals surface area contributed by atoms with E-state index in [2.05, 4.69) is 24.1 Å². The molecule has 164 valence electrons. The lowest BCUT2D eigenvalue weighted by molar-refractivity contribution is -0.127. The van der Waals surface area contributed by atoms with Crippen LogP contribution in [0, 0.1) is 0 Å². The standard InChI is InChI=1S/C23H45N3O2/c1-3-5-6-7-8-9-10-11-12-13-14-17-20-25-23(28)21(18-15-16-19-24)26-22(27)4-2/h4,21H,2-3,5-20,24H2,1H3,(H,25,28)(H,26,27)/t21-/m0/s1. The molecule has 0 aromatic rings. The maximum absolute atomic E-state index is 12.3. The molecule has 0 rings (SSSR count). The van der Waals surface area contributed by atoms with Crippen LogP contribution in [0.5, 0.6) is 0 Å². The summed E-state index contributed by atoms with van der Waals surface area (Å²) in [5.74, 6) is -0.409. The Hall–Kier alpha value is -1.36. The zero-order valence-corrected chi connectivity index (χ0v) is 18.3. The Morgan fingerprint density at radius 3 is 1.89 bits per heavy atom. The Morgan fingerprint density at radius 1 is 0.857 bits per heavy atom. The summed E-state index contributed by atoms with van der Waals surface area (Å²) in [6.45, 7) is 6.98. The van der Waals surface area contributed by atoms with Crippen LogP contribution in [0.25, 0.3) is 0 Å². The molecular formula is C23H45N3O2. The van der Waals surface area contributed by atoms with Gasteiger partial charge in [0.25, 0.3) is 0 Å². The highest BCUT2D eigenvalue weighted by Gasteiger charge is 2.18. The normalized spacial score (nSPS) is 11.8. The van der Waals surface area contributed by atoms with Crippen molar-refractivity contribution in [3.05, 3.63) is 12.7 Å². The van der Waals surface area contributed by atoms with Crippen molar-refractivity contribution in [2.45, 2.75) is 109 Å². The molecule has 0 aliphatic rings. The summed E-state index contributed by atoms with van der Waals surface area (Å²) < 4.78 is 0. The number of amides is 2. The van der Waals surface area contributed by atoms with Crippen molar-refractivity contribution in [3.8, 4) is 0 Å². The molecular weight excluding hydrogens is 350 g/mol. The second kappa shape index (κ2) is 20.4. The van der Waals surface area contributed by atoms with Gasteiger partial charge < -0.3 is 16.4 Å². The molecule has 0 aliphatic carbocycles. The number of hydrogen-bond donors (Lipinski definition) is 3. The molecule has 0 aromatic carbocycles. The van der Waals surface area contributed by atoms with Crippen LogP contribution in [0.4, 0.5) is 0 Å². The summed E-state index contributed by atoms with van der Waals surface area (Å²) in [6.07, 6.45) is 19.1. The number of carbonyl (C=O) groups is 2. The van der Waals surface area contributed by atoms with E-state index < -0.39 is 6.04 Å². The maximum atomic E-state index is 12.3. The molecule has 0 saturated heterocycles. The van der Waals surface area contributed by atoms with Gasteiger partial charge in [0, 0.05) is 6.54 Å². The predicted octanol–water partition coefficient (Wildman–Crippen LogP) is 4.60. The fourth-order valence-corrected chi connectivity index (χ4v) is 3.29. The molecule has 0 unspecified atom stereocenters. The Balaban J connectivity index is 3.68. The minimum Gasteiger partial charge on any atom is -0.354 e.